The lowest BCUT2D eigenvalue weighted by molar-refractivity contribution is -0.141. The highest BCUT2D eigenvalue weighted by Crippen LogP contribution is 2.19. The molecule has 0 saturated heterocycles. The van der Waals surface area contributed by atoms with Crippen LogP contribution in [-0.4, -0.2) is 29.3 Å². The molecule has 2 aromatic rings. The maximum absolute atomic E-state index is 13.2. The topological polar surface area (TPSA) is 49.4 Å². The maximum Gasteiger partial charge on any atom is 0.242 e. The Morgan fingerprint density at radius 3 is 2.29 bits per heavy atom. The van der Waals surface area contributed by atoms with Gasteiger partial charge in [0, 0.05) is 18.1 Å². The minimum atomic E-state index is -0.519. The fourth-order valence-corrected chi connectivity index (χ4v) is 3.23. The van der Waals surface area contributed by atoms with E-state index < -0.39 is 6.04 Å². The number of nitrogens with zero attached hydrogens (tertiary/aromatic N) is 1. The fourth-order valence-electron chi connectivity index (χ4n) is 3.03. The van der Waals surface area contributed by atoms with Crippen LogP contribution in [0, 0.1) is 5.92 Å². The summed E-state index contributed by atoms with van der Waals surface area (Å²) in [4.78, 5) is 27.7. The zero-order valence-electron chi connectivity index (χ0n) is 16.8. The third-order valence-corrected chi connectivity index (χ3v) is 4.93. The molecule has 28 heavy (non-hydrogen) atoms. The number of benzene rings is 2. The van der Waals surface area contributed by atoms with E-state index in [-0.39, 0.29) is 18.2 Å². The molecule has 2 aromatic carbocycles. The molecule has 2 amide bonds. The molecule has 0 aliphatic heterocycles. The summed E-state index contributed by atoms with van der Waals surface area (Å²) in [6, 6.07) is 16.6. The number of rotatable bonds is 9. The lowest BCUT2D eigenvalue weighted by Crippen LogP contribution is -2.50. The normalized spacial score (nSPS) is 11.9. The van der Waals surface area contributed by atoms with Gasteiger partial charge < -0.3 is 10.2 Å². The fraction of sp³-hybridized carbons (Fsp3) is 0.391. The first-order chi connectivity index (χ1) is 13.4. The van der Waals surface area contributed by atoms with Crippen LogP contribution in [0.3, 0.4) is 0 Å². The van der Waals surface area contributed by atoms with Gasteiger partial charge in [0.05, 0.1) is 6.42 Å². The van der Waals surface area contributed by atoms with E-state index in [0.717, 1.165) is 11.1 Å². The van der Waals surface area contributed by atoms with Crippen molar-refractivity contribution in [3.8, 4) is 0 Å². The summed E-state index contributed by atoms with van der Waals surface area (Å²) >= 11 is 6.24. The van der Waals surface area contributed by atoms with E-state index >= 15 is 0 Å². The van der Waals surface area contributed by atoms with Gasteiger partial charge in [-0.25, -0.2) is 0 Å². The van der Waals surface area contributed by atoms with E-state index in [1.54, 1.807) is 11.0 Å². The second-order valence-electron chi connectivity index (χ2n) is 7.34. The molecule has 0 unspecified atom stereocenters. The summed E-state index contributed by atoms with van der Waals surface area (Å²) in [7, 11) is 0. The molecule has 150 valence electrons. The molecule has 2 rings (SSSR count). The van der Waals surface area contributed by atoms with Crippen LogP contribution in [0.2, 0.25) is 5.02 Å². The van der Waals surface area contributed by atoms with Crippen molar-refractivity contribution in [3.05, 3.63) is 70.7 Å². The molecular formula is C23H29ClN2O2. The average molecular weight is 401 g/mol. The minimum Gasteiger partial charge on any atom is -0.354 e. The average Bonchev–Trinajstić information content (AvgIpc) is 2.68. The van der Waals surface area contributed by atoms with E-state index in [4.69, 9.17) is 11.6 Å². The van der Waals surface area contributed by atoms with E-state index in [1.807, 2.05) is 69.3 Å². The molecule has 0 aromatic heterocycles. The first kappa shape index (κ1) is 22.0. The minimum absolute atomic E-state index is 0.108. The van der Waals surface area contributed by atoms with E-state index in [9.17, 15) is 9.59 Å². The Balaban J connectivity index is 2.25. The van der Waals surface area contributed by atoms with Crippen LogP contribution < -0.4 is 5.32 Å². The predicted molar refractivity (Wildman–Crippen MR) is 114 cm³/mol. The van der Waals surface area contributed by atoms with Crippen LogP contribution in [0.4, 0.5) is 0 Å². The summed E-state index contributed by atoms with van der Waals surface area (Å²) in [6.07, 6.45) is 0.714. The van der Waals surface area contributed by atoms with Gasteiger partial charge in [-0.2, -0.15) is 0 Å². The number of hydrogen-bond acceptors (Lipinski definition) is 2. The monoisotopic (exact) mass is 400 g/mol. The second kappa shape index (κ2) is 10.9. The molecule has 0 saturated carbocycles. The number of amides is 2. The van der Waals surface area contributed by atoms with Gasteiger partial charge >= 0.3 is 0 Å². The third-order valence-electron chi connectivity index (χ3n) is 4.57. The largest absolute Gasteiger partial charge is 0.354 e. The van der Waals surface area contributed by atoms with Crippen LogP contribution in [0.25, 0.3) is 0 Å². The van der Waals surface area contributed by atoms with Crippen molar-refractivity contribution in [3.63, 3.8) is 0 Å². The summed E-state index contributed by atoms with van der Waals surface area (Å²) in [6.45, 7) is 7.00. The Kier molecular flexibility index (Phi) is 8.52. The molecule has 0 heterocycles. The smallest absolute Gasteiger partial charge is 0.242 e. The molecule has 0 fully saturated rings. The molecule has 1 atom stereocenters. The zero-order chi connectivity index (χ0) is 20.5. The van der Waals surface area contributed by atoms with Crippen LogP contribution in [0.15, 0.2) is 54.6 Å². The van der Waals surface area contributed by atoms with Crippen LogP contribution >= 0.6 is 11.6 Å². The molecule has 0 aliphatic rings. The molecule has 5 heteroatoms. The number of carbonyl (C=O) groups excluding carboxylic acids is 2. The lowest BCUT2D eigenvalue weighted by Gasteiger charge is -2.31. The van der Waals surface area contributed by atoms with Gasteiger partial charge in [-0.1, -0.05) is 80.9 Å². The third kappa shape index (κ3) is 6.38. The van der Waals surface area contributed by atoms with Crippen LogP contribution in [-0.2, 0) is 22.6 Å². The highest BCUT2D eigenvalue weighted by Gasteiger charge is 2.28. The van der Waals surface area contributed by atoms with E-state index in [2.05, 4.69) is 5.32 Å². The lowest BCUT2D eigenvalue weighted by atomic mass is 10.1. The summed E-state index contributed by atoms with van der Waals surface area (Å²) in [5.41, 5.74) is 1.76. The summed E-state index contributed by atoms with van der Waals surface area (Å²) < 4.78 is 0. The molecule has 0 radical (unpaired) electrons. The first-order valence-corrected chi connectivity index (χ1v) is 10.1. The molecule has 0 bridgehead atoms. The Labute approximate surface area is 172 Å². The Bertz CT molecular complexity index is 777. The van der Waals surface area contributed by atoms with Gasteiger partial charge in [0.1, 0.15) is 6.04 Å². The zero-order valence-corrected chi connectivity index (χ0v) is 17.6. The Morgan fingerprint density at radius 1 is 1.04 bits per heavy atom. The van der Waals surface area contributed by atoms with Crippen molar-refractivity contribution in [2.45, 2.75) is 46.2 Å². The summed E-state index contributed by atoms with van der Waals surface area (Å²) in [5, 5.41) is 3.53. The van der Waals surface area contributed by atoms with Crippen molar-refractivity contribution >= 4 is 23.4 Å². The Hall–Kier alpha value is -2.33. The molecule has 0 spiro atoms. The number of halogens is 1. The van der Waals surface area contributed by atoms with E-state index in [1.165, 1.54) is 0 Å². The first-order valence-electron chi connectivity index (χ1n) is 9.76. The van der Waals surface area contributed by atoms with Gasteiger partial charge in [-0.15, -0.1) is 0 Å². The van der Waals surface area contributed by atoms with Crippen molar-refractivity contribution in [1.29, 1.82) is 0 Å². The van der Waals surface area contributed by atoms with Gasteiger partial charge in [0.25, 0.3) is 0 Å². The van der Waals surface area contributed by atoms with Crippen molar-refractivity contribution in [1.82, 2.24) is 10.2 Å². The van der Waals surface area contributed by atoms with Gasteiger partial charge in [-0.3, -0.25) is 9.59 Å². The molecule has 4 nitrogen and oxygen atoms in total. The highest BCUT2D eigenvalue weighted by atomic mass is 35.5. The van der Waals surface area contributed by atoms with Gasteiger partial charge in [0.15, 0.2) is 0 Å². The highest BCUT2D eigenvalue weighted by molar-refractivity contribution is 6.31. The molecule has 0 aliphatic carbocycles. The molecule has 1 N–H and O–H groups in total. The standard InChI is InChI=1S/C23H29ClN2O2/c1-4-21(23(28)25-15-17(2)3)26(16-18-10-6-5-7-11-18)22(27)14-19-12-8-9-13-20(19)24/h5-13,17,21H,4,14-16H2,1-3H3,(H,25,28)/t21-/m0/s1. The second-order valence-corrected chi connectivity index (χ2v) is 7.75. The van der Waals surface area contributed by atoms with Crippen molar-refractivity contribution < 1.29 is 9.59 Å². The number of carbonyl (C=O) groups is 2. The van der Waals surface area contributed by atoms with Crippen LogP contribution in [0.5, 0.6) is 0 Å². The van der Waals surface area contributed by atoms with Crippen molar-refractivity contribution in [2.75, 3.05) is 6.54 Å². The van der Waals surface area contributed by atoms with Crippen molar-refractivity contribution in [2.24, 2.45) is 5.92 Å². The number of hydrogen-bond donors (Lipinski definition) is 1. The SMILES string of the molecule is CC[C@@H](C(=O)NCC(C)C)N(Cc1ccccc1)C(=O)Cc1ccccc1Cl. The Morgan fingerprint density at radius 2 is 1.68 bits per heavy atom. The predicted octanol–water partition coefficient (Wildman–Crippen LogP) is 4.46. The maximum atomic E-state index is 13.2. The van der Waals surface area contributed by atoms with E-state index in [0.29, 0.717) is 30.5 Å². The van der Waals surface area contributed by atoms with Gasteiger partial charge in [0.2, 0.25) is 11.8 Å². The van der Waals surface area contributed by atoms with Gasteiger partial charge in [-0.05, 0) is 29.5 Å². The summed E-state index contributed by atoms with van der Waals surface area (Å²) in [5.74, 6) is 0.131. The number of nitrogens with one attached hydrogen (secondary N) is 1. The van der Waals surface area contributed by atoms with Crippen LogP contribution in [0.1, 0.15) is 38.3 Å². The quantitative estimate of drug-likeness (QED) is 0.675. The molecular weight excluding hydrogens is 372 g/mol.